The SMILES string of the molecule is CCCCCCCCCCCCCC/C=C\CCCCCCCCCC(=O)NC(COC1OC(CO)C(O)C(OS(=O)(=O)O)C1O)C(O)CCCCCCCCCCCCC. The van der Waals surface area contributed by atoms with Crippen molar-refractivity contribution in [1.29, 1.82) is 0 Å². The van der Waals surface area contributed by atoms with E-state index >= 15 is 0 Å². The summed E-state index contributed by atoms with van der Waals surface area (Å²) in [4.78, 5) is 13.1. The third-order valence-corrected chi connectivity index (χ3v) is 12.5. The van der Waals surface area contributed by atoms with Gasteiger partial charge in [0, 0.05) is 6.42 Å². The molecule has 0 aromatic heterocycles. The van der Waals surface area contributed by atoms with E-state index in [9.17, 15) is 38.2 Å². The van der Waals surface area contributed by atoms with E-state index in [1.807, 2.05) is 0 Å². The lowest BCUT2D eigenvalue weighted by molar-refractivity contribution is -0.298. The van der Waals surface area contributed by atoms with Gasteiger partial charge in [-0.05, 0) is 38.5 Å². The van der Waals surface area contributed by atoms with E-state index in [1.54, 1.807) is 0 Å². The molecule has 13 heteroatoms. The van der Waals surface area contributed by atoms with E-state index in [1.165, 1.54) is 148 Å². The molecular formula is C48H93NO11S. The van der Waals surface area contributed by atoms with Crippen LogP contribution < -0.4 is 5.32 Å². The van der Waals surface area contributed by atoms with Crippen molar-refractivity contribution < 1.29 is 51.8 Å². The third-order valence-electron chi connectivity index (χ3n) is 12.1. The van der Waals surface area contributed by atoms with Gasteiger partial charge in [-0.25, -0.2) is 4.18 Å². The Balaban J connectivity index is 2.37. The van der Waals surface area contributed by atoms with Crippen molar-refractivity contribution >= 4 is 16.3 Å². The Bertz CT molecular complexity index is 1140. The topological polar surface area (TPSA) is 192 Å². The Kier molecular flexibility index (Phi) is 37.2. The minimum absolute atomic E-state index is 0.233. The van der Waals surface area contributed by atoms with Crippen LogP contribution in [0.1, 0.15) is 232 Å². The first-order valence-corrected chi connectivity index (χ1v) is 26.4. The highest BCUT2D eigenvalue weighted by Gasteiger charge is 2.48. The lowest BCUT2D eigenvalue weighted by Gasteiger charge is -2.41. The number of unbranched alkanes of at least 4 members (excludes halogenated alkanes) is 29. The van der Waals surface area contributed by atoms with Crippen LogP contribution in [-0.2, 0) is 28.9 Å². The van der Waals surface area contributed by atoms with Crippen LogP contribution in [-0.4, -0.2) is 95.4 Å². The summed E-state index contributed by atoms with van der Waals surface area (Å²) in [6.45, 7) is 3.44. The van der Waals surface area contributed by atoms with E-state index in [0.717, 1.165) is 51.4 Å². The highest BCUT2D eigenvalue weighted by molar-refractivity contribution is 7.80. The summed E-state index contributed by atoms with van der Waals surface area (Å²) >= 11 is 0. The van der Waals surface area contributed by atoms with E-state index < -0.39 is 59.9 Å². The maximum absolute atomic E-state index is 13.1. The molecule has 61 heavy (non-hydrogen) atoms. The van der Waals surface area contributed by atoms with Crippen LogP contribution in [0.2, 0.25) is 0 Å². The summed E-state index contributed by atoms with van der Waals surface area (Å²) in [7, 11) is -5.07. The zero-order chi connectivity index (χ0) is 44.8. The van der Waals surface area contributed by atoms with Gasteiger partial charge in [0.2, 0.25) is 5.91 Å². The normalized spacial score (nSPS) is 20.7. The molecule has 6 N–H and O–H groups in total. The monoisotopic (exact) mass is 892 g/mol. The molecule has 7 unspecified atom stereocenters. The van der Waals surface area contributed by atoms with Crippen LogP contribution in [0.25, 0.3) is 0 Å². The van der Waals surface area contributed by atoms with Gasteiger partial charge < -0.3 is 35.2 Å². The van der Waals surface area contributed by atoms with Gasteiger partial charge in [-0.1, -0.05) is 199 Å². The Morgan fingerprint density at radius 2 is 1.05 bits per heavy atom. The molecule has 0 radical (unpaired) electrons. The van der Waals surface area contributed by atoms with Gasteiger partial charge >= 0.3 is 10.4 Å². The second kappa shape index (κ2) is 39.2. The van der Waals surface area contributed by atoms with Crippen LogP contribution in [0.4, 0.5) is 0 Å². The lowest BCUT2D eigenvalue weighted by atomic mass is 9.99. The number of hydrogen-bond donors (Lipinski definition) is 6. The van der Waals surface area contributed by atoms with Crippen molar-refractivity contribution in [2.24, 2.45) is 0 Å². The summed E-state index contributed by atoms with van der Waals surface area (Å²) in [6.07, 6.45) is 35.1. The minimum atomic E-state index is -5.07. The van der Waals surface area contributed by atoms with Gasteiger partial charge in [0.1, 0.15) is 24.4 Å². The molecule has 12 nitrogen and oxygen atoms in total. The molecule has 362 valence electrons. The van der Waals surface area contributed by atoms with Gasteiger partial charge in [0.25, 0.3) is 0 Å². The zero-order valence-electron chi connectivity index (χ0n) is 38.7. The maximum atomic E-state index is 13.1. The van der Waals surface area contributed by atoms with Gasteiger partial charge in [0.05, 0.1) is 25.4 Å². The van der Waals surface area contributed by atoms with Crippen LogP contribution in [0.15, 0.2) is 12.2 Å². The zero-order valence-corrected chi connectivity index (χ0v) is 39.6. The summed E-state index contributed by atoms with van der Waals surface area (Å²) in [5, 5.41) is 44.8. The van der Waals surface area contributed by atoms with Crippen molar-refractivity contribution in [2.75, 3.05) is 13.2 Å². The summed E-state index contributed by atoms with van der Waals surface area (Å²) in [6, 6.07) is -0.856. The molecule has 0 spiro atoms. The highest BCUT2D eigenvalue weighted by atomic mass is 32.3. The fraction of sp³-hybridized carbons (Fsp3) is 0.938. The molecule has 1 rings (SSSR count). The second-order valence-corrected chi connectivity index (χ2v) is 18.8. The first kappa shape index (κ1) is 57.9. The van der Waals surface area contributed by atoms with E-state index in [2.05, 4.69) is 35.5 Å². The number of amides is 1. The van der Waals surface area contributed by atoms with Crippen LogP contribution >= 0.6 is 0 Å². The number of allylic oxidation sites excluding steroid dienone is 2. The Labute approximate surface area is 372 Å². The first-order chi connectivity index (χ1) is 29.5. The summed E-state index contributed by atoms with van der Waals surface area (Å²) < 4.78 is 47.7. The van der Waals surface area contributed by atoms with Crippen molar-refractivity contribution in [2.45, 2.75) is 275 Å². The Morgan fingerprint density at radius 1 is 0.639 bits per heavy atom. The number of nitrogens with one attached hydrogen (secondary N) is 1. The molecule has 1 fully saturated rings. The number of hydrogen-bond acceptors (Lipinski definition) is 10. The number of ether oxygens (including phenoxy) is 2. The molecule has 1 aliphatic rings. The van der Waals surface area contributed by atoms with Gasteiger partial charge in [-0.2, -0.15) is 8.42 Å². The van der Waals surface area contributed by atoms with Crippen molar-refractivity contribution in [1.82, 2.24) is 5.32 Å². The fourth-order valence-corrected chi connectivity index (χ4v) is 8.67. The average molecular weight is 892 g/mol. The van der Waals surface area contributed by atoms with Crippen LogP contribution in [0.5, 0.6) is 0 Å². The predicted molar refractivity (Wildman–Crippen MR) is 246 cm³/mol. The van der Waals surface area contributed by atoms with Crippen molar-refractivity contribution in [3.8, 4) is 0 Å². The largest absolute Gasteiger partial charge is 0.397 e. The molecule has 0 aromatic carbocycles. The van der Waals surface area contributed by atoms with Crippen molar-refractivity contribution in [3.05, 3.63) is 12.2 Å². The molecule has 0 saturated carbocycles. The molecular weight excluding hydrogens is 799 g/mol. The molecule has 1 saturated heterocycles. The standard InChI is InChI=1S/C48H93NO11S/c1-3-5-7-9-11-13-15-16-17-18-19-20-21-22-23-24-25-26-28-30-32-34-36-38-44(52)49-41(42(51)37-35-33-31-29-27-14-12-10-8-6-4-2)40-58-48-46(54)47(60-61(55,56)57)45(53)43(39-50)59-48/h22-23,41-43,45-48,50-51,53-54H,3-21,24-40H2,1-2H3,(H,49,52)(H,55,56,57)/b23-22-. The summed E-state index contributed by atoms with van der Waals surface area (Å²) in [5.74, 6) is -0.233. The number of aliphatic hydroxyl groups excluding tert-OH is 4. The molecule has 0 aromatic rings. The minimum Gasteiger partial charge on any atom is -0.394 e. The van der Waals surface area contributed by atoms with Gasteiger partial charge in [-0.3, -0.25) is 9.35 Å². The smallest absolute Gasteiger partial charge is 0.394 e. The second-order valence-electron chi connectivity index (χ2n) is 17.8. The summed E-state index contributed by atoms with van der Waals surface area (Å²) in [5.41, 5.74) is 0. The number of carbonyl (C=O) groups is 1. The van der Waals surface area contributed by atoms with Gasteiger partial charge in [0.15, 0.2) is 6.29 Å². The van der Waals surface area contributed by atoms with Gasteiger partial charge in [-0.15, -0.1) is 0 Å². The Hall–Kier alpha value is -1.16. The Morgan fingerprint density at radius 3 is 1.48 bits per heavy atom. The fourth-order valence-electron chi connectivity index (χ4n) is 8.16. The lowest BCUT2D eigenvalue weighted by Crippen LogP contribution is -2.61. The number of aliphatic hydroxyl groups is 4. The molecule has 1 aliphatic heterocycles. The number of carbonyl (C=O) groups excluding carboxylic acids is 1. The van der Waals surface area contributed by atoms with E-state index in [-0.39, 0.29) is 18.9 Å². The van der Waals surface area contributed by atoms with Crippen molar-refractivity contribution in [3.63, 3.8) is 0 Å². The van der Waals surface area contributed by atoms with Crippen LogP contribution in [0, 0.1) is 0 Å². The highest BCUT2D eigenvalue weighted by Crippen LogP contribution is 2.26. The van der Waals surface area contributed by atoms with E-state index in [4.69, 9.17) is 9.47 Å². The third kappa shape index (κ3) is 32.2. The quantitative estimate of drug-likeness (QED) is 0.0194. The van der Waals surface area contributed by atoms with Crippen LogP contribution in [0.3, 0.4) is 0 Å². The van der Waals surface area contributed by atoms with E-state index in [0.29, 0.717) is 12.8 Å². The first-order valence-electron chi connectivity index (χ1n) is 25.1. The molecule has 0 bridgehead atoms. The maximum Gasteiger partial charge on any atom is 0.397 e. The number of rotatable bonds is 43. The molecule has 7 atom stereocenters. The predicted octanol–water partition coefficient (Wildman–Crippen LogP) is 10.3. The molecule has 1 amide bonds. The molecule has 1 heterocycles. The molecule has 0 aliphatic carbocycles. The average Bonchev–Trinajstić information content (AvgIpc) is 3.23.